The highest BCUT2D eigenvalue weighted by atomic mass is 32.1. The molecule has 3 rings (SSSR count). The van der Waals surface area contributed by atoms with E-state index in [0.717, 1.165) is 48.4 Å². The Morgan fingerprint density at radius 3 is 3.00 bits per heavy atom. The summed E-state index contributed by atoms with van der Waals surface area (Å²) >= 11 is 1.62. The number of aromatic nitrogens is 2. The van der Waals surface area contributed by atoms with Crippen molar-refractivity contribution in [3.05, 3.63) is 11.4 Å². The second kappa shape index (κ2) is 5.93. The highest BCUT2D eigenvalue weighted by Crippen LogP contribution is 2.29. The number of thiophene rings is 1. The van der Waals surface area contributed by atoms with Gasteiger partial charge in [0.05, 0.1) is 11.5 Å². The molecule has 2 aromatic heterocycles. The zero-order valence-corrected chi connectivity index (χ0v) is 12.4. The molecule has 1 fully saturated rings. The number of rotatable bonds is 5. The van der Waals surface area contributed by atoms with Gasteiger partial charge in [0.25, 0.3) is 0 Å². The third kappa shape index (κ3) is 2.71. The van der Waals surface area contributed by atoms with Crippen LogP contribution in [0.1, 0.15) is 26.2 Å². The number of anilines is 2. The third-order valence-electron chi connectivity index (χ3n) is 3.81. The number of aliphatic hydroxyl groups is 1. The van der Waals surface area contributed by atoms with Crippen LogP contribution in [0.2, 0.25) is 0 Å². The number of nitrogens with one attached hydrogen (secondary N) is 2. The molecule has 0 spiro atoms. The molecule has 2 heterocycles. The van der Waals surface area contributed by atoms with E-state index in [4.69, 9.17) is 0 Å². The number of aliphatic hydroxyl groups excluding tert-OH is 1. The Morgan fingerprint density at radius 1 is 1.35 bits per heavy atom. The Morgan fingerprint density at radius 2 is 2.25 bits per heavy atom. The largest absolute Gasteiger partial charge is 0.393 e. The van der Waals surface area contributed by atoms with E-state index >= 15 is 0 Å². The fraction of sp³-hybridized carbons (Fsp3) is 0.571. The van der Waals surface area contributed by atoms with Gasteiger partial charge in [0.2, 0.25) is 5.95 Å². The Bertz CT molecular complexity index is 586. The normalized spacial score (nSPS) is 22.3. The van der Waals surface area contributed by atoms with E-state index in [9.17, 15) is 5.11 Å². The van der Waals surface area contributed by atoms with Crippen molar-refractivity contribution in [1.82, 2.24) is 9.97 Å². The SMILES string of the molecule is CCNc1nc(NCC2CCCC2O)c2ccsc2n1. The molecule has 108 valence electrons. The lowest BCUT2D eigenvalue weighted by Gasteiger charge is -2.16. The second-order valence-corrected chi connectivity index (χ2v) is 6.10. The lowest BCUT2D eigenvalue weighted by Crippen LogP contribution is -2.22. The van der Waals surface area contributed by atoms with Gasteiger partial charge in [-0.05, 0) is 31.2 Å². The Labute approximate surface area is 122 Å². The van der Waals surface area contributed by atoms with Gasteiger partial charge in [-0.3, -0.25) is 0 Å². The van der Waals surface area contributed by atoms with E-state index in [1.54, 1.807) is 11.3 Å². The number of hydrogen-bond donors (Lipinski definition) is 3. The summed E-state index contributed by atoms with van der Waals surface area (Å²) in [5.74, 6) is 1.87. The monoisotopic (exact) mass is 292 g/mol. The quantitative estimate of drug-likeness (QED) is 0.790. The van der Waals surface area contributed by atoms with Crippen molar-refractivity contribution in [3.8, 4) is 0 Å². The number of nitrogens with zero attached hydrogens (tertiary/aromatic N) is 2. The Balaban J connectivity index is 1.80. The summed E-state index contributed by atoms with van der Waals surface area (Å²) in [7, 11) is 0. The fourth-order valence-corrected chi connectivity index (χ4v) is 3.47. The summed E-state index contributed by atoms with van der Waals surface area (Å²) in [5.41, 5.74) is 0. The van der Waals surface area contributed by atoms with Crippen LogP contribution in [0.4, 0.5) is 11.8 Å². The van der Waals surface area contributed by atoms with Crippen LogP contribution in [-0.2, 0) is 0 Å². The number of hydrogen-bond acceptors (Lipinski definition) is 6. The summed E-state index contributed by atoms with van der Waals surface area (Å²) < 4.78 is 0. The van der Waals surface area contributed by atoms with Gasteiger partial charge in [0.1, 0.15) is 10.6 Å². The van der Waals surface area contributed by atoms with Crippen LogP contribution in [0.25, 0.3) is 10.2 Å². The van der Waals surface area contributed by atoms with Gasteiger partial charge in [-0.25, -0.2) is 4.98 Å². The highest BCUT2D eigenvalue weighted by molar-refractivity contribution is 7.16. The van der Waals surface area contributed by atoms with E-state index in [1.807, 2.05) is 18.4 Å². The average molecular weight is 292 g/mol. The summed E-state index contributed by atoms with van der Waals surface area (Å²) in [6, 6.07) is 2.04. The molecule has 2 unspecified atom stereocenters. The summed E-state index contributed by atoms with van der Waals surface area (Å²) in [6.07, 6.45) is 2.96. The standard InChI is InChI=1S/C14H20N4OS/c1-2-15-14-17-12(10-6-7-20-13(10)18-14)16-8-9-4-3-5-11(9)19/h6-7,9,11,19H,2-5,8H2,1H3,(H2,15,16,17,18). The van der Waals surface area contributed by atoms with Crippen LogP contribution in [0, 0.1) is 5.92 Å². The maximum Gasteiger partial charge on any atom is 0.226 e. The molecule has 0 bridgehead atoms. The van der Waals surface area contributed by atoms with Crippen LogP contribution in [0.15, 0.2) is 11.4 Å². The predicted molar refractivity (Wildman–Crippen MR) is 83.4 cm³/mol. The molecule has 2 atom stereocenters. The van der Waals surface area contributed by atoms with Crippen LogP contribution < -0.4 is 10.6 Å². The van der Waals surface area contributed by atoms with Gasteiger partial charge >= 0.3 is 0 Å². The lowest BCUT2D eigenvalue weighted by atomic mass is 10.1. The van der Waals surface area contributed by atoms with Crippen molar-refractivity contribution in [2.24, 2.45) is 5.92 Å². The van der Waals surface area contributed by atoms with Crippen LogP contribution in [-0.4, -0.2) is 34.3 Å². The van der Waals surface area contributed by atoms with Gasteiger partial charge in [-0.15, -0.1) is 11.3 Å². The Kier molecular flexibility index (Phi) is 4.03. The third-order valence-corrected chi connectivity index (χ3v) is 4.62. The van der Waals surface area contributed by atoms with E-state index < -0.39 is 0 Å². The van der Waals surface area contributed by atoms with Crippen LogP contribution in [0.3, 0.4) is 0 Å². The average Bonchev–Trinajstić information content (AvgIpc) is 3.05. The number of fused-ring (bicyclic) bond motifs is 1. The van der Waals surface area contributed by atoms with Crippen molar-refractivity contribution in [2.75, 3.05) is 23.7 Å². The van der Waals surface area contributed by atoms with E-state index in [1.165, 1.54) is 0 Å². The van der Waals surface area contributed by atoms with Crippen molar-refractivity contribution in [2.45, 2.75) is 32.3 Å². The molecule has 3 N–H and O–H groups in total. The predicted octanol–water partition coefficient (Wildman–Crippen LogP) is 2.70. The van der Waals surface area contributed by atoms with Crippen molar-refractivity contribution in [1.29, 1.82) is 0 Å². The minimum Gasteiger partial charge on any atom is -0.393 e. The van der Waals surface area contributed by atoms with E-state index in [0.29, 0.717) is 11.9 Å². The molecule has 6 heteroatoms. The molecule has 0 radical (unpaired) electrons. The molecule has 1 aliphatic carbocycles. The zero-order chi connectivity index (χ0) is 13.9. The summed E-state index contributed by atoms with van der Waals surface area (Å²) in [5, 5.41) is 19.5. The molecule has 0 aliphatic heterocycles. The first-order valence-electron chi connectivity index (χ1n) is 7.19. The first kappa shape index (κ1) is 13.6. The Hall–Kier alpha value is -1.40. The fourth-order valence-electron chi connectivity index (χ4n) is 2.71. The van der Waals surface area contributed by atoms with Gasteiger partial charge in [-0.1, -0.05) is 6.42 Å². The molecule has 5 nitrogen and oxygen atoms in total. The highest BCUT2D eigenvalue weighted by Gasteiger charge is 2.25. The van der Waals surface area contributed by atoms with E-state index in [-0.39, 0.29) is 6.10 Å². The van der Waals surface area contributed by atoms with Crippen LogP contribution >= 0.6 is 11.3 Å². The molecule has 1 saturated carbocycles. The maximum atomic E-state index is 9.90. The smallest absolute Gasteiger partial charge is 0.226 e. The molecule has 1 aliphatic rings. The molecule has 0 saturated heterocycles. The molecule has 0 amide bonds. The topological polar surface area (TPSA) is 70.1 Å². The molecule has 0 aromatic carbocycles. The van der Waals surface area contributed by atoms with Crippen LogP contribution in [0.5, 0.6) is 0 Å². The zero-order valence-electron chi connectivity index (χ0n) is 11.6. The van der Waals surface area contributed by atoms with Gasteiger partial charge in [-0.2, -0.15) is 4.98 Å². The second-order valence-electron chi connectivity index (χ2n) is 5.20. The molecular formula is C14H20N4OS. The van der Waals surface area contributed by atoms with Crippen molar-refractivity contribution in [3.63, 3.8) is 0 Å². The van der Waals surface area contributed by atoms with Crippen molar-refractivity contribution < 1.29 is 5.11 Å². The molecule has 20 heavy (non-hydrogen) atoms. The van der Waals surface area contributed by atoms with Gasteiger partial charge in [0, 0.05) is 19.0 Å². The first-order valence-corrected chi connectivity index (χ1v) is 8.07. The van der Waals surface area contributed by atoms with Gasteiger partial charge < -0.3 is 15.7 Å². The van der Waals surface area contributed by atoms with Crippen molar-refractivity contribution >= 4 is 33.3 Å². The summed E-state index contributed by atoms with van der Waals surface area (Å²) in [6.45, 7) is 3.61. The summed E-state index contributed by atoms with van der Waals surface area (Å²) in [4.78, 5) is 10.0. The minimum atomic E-state index is -0.171. The minimum absolute atomic E-state index is 0.171. The van der Waals surface area contributed by atoms with E-state index in [2.05, 4.69) is 20.6 Å². The first-order chi connectivity index (χ1) is 9.78. The molecule has 2 aromatic rings. The maximum absolute atomic E-state index is 9.90. The van der Waals surface area contributed by atoms with Gasteiger partial charge in [0.15, 0.2) is 0 Å². The lowest BCUT2D eigenvalue weighted by molar-refractivity contribution is 0.138. The molecular weight excluding hydrogens is 272 g/mol.